The van der Waals surface area contributed by atoms with Crippen LogP contribution in [0.15, 0.2) is 36.4 Å². The van der Waals surface area contributed by atoms with Crippen LogP contribution in [0.25, 0.3) is 10.9 Å². The van der Waals surface area contributed by atoms with Crippen LogP contribution in [0.5, 0.6) is 0 Å². The van der Waals surface area contributed by atoms with E-state index in [1.165, 1.54) is 0 Å². The Morgan fingerprint density at radius 2 is 1.88 bits per heavy atom. The number of hydrogen-bond donors (Lipinski definition) is 1. The number of para-hydroxylation sites is 1. The number of ether oxygens (including phenoxy) is 1. The molecule has 1 aromatic heterocycles. The summed E-state index contributed by atoms with van der Waals surface area (Å²) in [6.07, 6.45) is 2.23. The van der Waals surface area contributed by atoms with E-state index < -0.39 is 0 Å². The second kappa shape index (κ2) is 9.10. The zero-order chi connectivity index (χ0) is 18.4. The summed E-state index contributed by atoms with van der Waals surface area (Å²) >= 11 is 0. The van der Waals surface area contributed by atoms with Gasteiger partial charge in [-0.05, 0) is 18.1 Å². The van der Waals surface area contributed by atoms with Gasteiger partial charge in [0.25, 0.3) is 5.91 Å². The van der Waals surface area contributed by atoms with Crippen molar-refractivity contribution in [2.45, 2.75) is 32.7 Å². The average Bonchev–Trinajstić information content (AvgIpc) is 2.71. The molecule has 2 aromatic rings. The molecule has 1 aromatic carbocycles. The molecule has 0 aliphatic carbocycles. The number of carbonyl (C=O) groups is 1. The molecule has 1 saturated heterocycles. The van der Waals surface area contributed by atoms with E-state index in [0.29, 0.717) is 24.2 Å². The Kier molecular flexibility index (Phi) is 6.58. The summed E-state index contributed by atoms with van der Waals surface area (Å²) in [6, 6.07) is 12.0. The summed E-state index contributed by atoms with van der Waals surface area (Å²) in [4.78, 5) is 19.6. The monoisotopic (exact) mass is 355 g/mol. The fourth-order valence-corrected chi connectivity index (χ4v) is 3.82. The highest BCUT2D eigenvalue weighted by Gasteiger charge is 2.27. The first-order valence-electron chi connectivity index (χ1n) is 9.68. The van der Waals surface area contributed by atoms with Crippen molar-refractivity contribution in [2.75, 3.05) is 32.8 Å². The van der Waals surface area contributed by atoms with E-state index in [4.69, 9.17) is 4.74 Å². The zero-order valence-corrected chi connectivity index (χ0v) is 15.8. The summed E-state index contributed by atoms with van der Waals surface area (Å²) in [5, 5.41) is 4.17. The Bertz CT molecular complexity index is 724. The maximum absolute atomic E-state index is 12.7. The molecule has 1 atom stereocenters. The molecule has 0 bridgehead atoms. The first-order chi connectivity index (χ1) is 12.7. The Morgan fingerprint density at radius 3 is 2.62 bits per heavy atom. The predicted octanol–water partition coefficient (Wildman–Crippen LogP) is 3.10. The lowest BCUT2D eigenvalue weighted by Crippen LogP contribution is -2.52. The summed E-state index contributed by atoms with van der Waals surface area (Å²) in [7, 11) is 0. The smallest absolute Gasteiger partial charge is 0.269 e. The van der Waals surface area contributed by atoms with E-state index >= 15 is 0 Å². The van der Waals surface area contributed by atoms with Crippen LogP contribution < -0.4 is 5.32 Å². The second-order valence-electron chi connectivity index (χ2n) is 6.89. The largest absolute Gasteiger partial charge is 0.379 e. The third-order valence-electron chi connectivity index (χ3n) is 5.41. The Hall–Kier alpha value is -1.98. The van der Waals surface area contributed by atoms with Crippen molar-refractivity contribution in [3.63, 3.8) is 0 Å². The number of carbonyl (C=O) groups excluding carboxylic acids is 1. The summed E-state index contributed by atoms with van der Waals surface area (Å²) < 4.78 is 5.49. The van der Waals surface area contributed by atoms with Crippen molar-refractivity contribution in [3.8, 4) is 0 Å². The number of pyridine rings is 1. The first kappa shape index (κ1) is 18.8. The molecule has 140 valence electrons. The molecule has 1 fully saturated rings. The average molecular weight is 355 g/mol. The number of morpholine rings is 1. The van der Waals surface area contributed by atoms with Crippen molar-refractivity contribution >= 4 is 16.8 Å². The maximum Gasteiger partial charge on any atom is 0.269 e. The zero-order valence-electron chi connectivity index (χ0n) is 15.8. The van der Waals surface area contributed by atoms with Crippen LogP contribution in [-0.4, -0.2) is 54.7 Å². The van der Waals surface area contributed by atoms with Gasteiger partial charge in [-0.1, -0.05) is 51.0 Å². The van der Waals surface area contributed by atoms with Gasteiger partial charge in [0, 0.05) is 31.1 Å². The summed E-state index contributed by atoms with van der Waals surface area (Å²) in [5.74, 6) is 0.470. The van der Waals surface area contributed by atoms with Gasteiger partial charge in [-0.2, -0.15) is 0 Å². The number of aromatic nitrogens is 1. The molecule has 1 aliphatic rings. The molecule has 0 radical (unpaired) electrons. The fourth-order valence-electron chi connectivity index (χ4n) is 3.82. The van der Waals surface area contributed by atoms with Crippen LogP contribution in [0, 0.1) is 5.92 Å². The number of amides is 1. The standard InChI is InChI=1S/C21H29N3O2/c1-3-16(4-2)20(24-11-13-26-14-12-24)15-22-21(25)19-10-9-17-7-5-6-8-18(17)23-19/h5-10,16,20H,3-4,11-15H2,1-2H3,(H,22,25)/t20-/m0/s1. The van der Waals surface area contributed by atoms with Crippen molar-refractivity contribution in [1.82, 2.24) is 15.2 Å². The second-order valence-corrected chi connectivity index (χ2v) is 6.89. The fraction of sp³-hybridized carbons (Fsp3) is 0.524. The van der Waals surface area contributed by atoms with Gasteiger partial charge in [-0.25, -0.2) is 4.98 Å². The minimum absolute atomic E-state index is 0.0973. The highest BCUT2D eigenvalue weighted by atomic mass is 16.5. The molecule has 0 spiro atoms. The third kappa shape index (κ3) is 4.40. The highest BCUT2D eigenvalue weighted by Crippen LogP contribution is 2.20. The lowest BCUT2D eigenvalue weighted by Gasteiger charge is -2.38. The number of benzene rings is 1. The van der Waals surface area contributed by atoms with E-state index in [0.717, 1.165) is 50.0 Å². The lowest BCUT2D eigenvalue weighted by molar-refractivity contribution is 0.00190. The van der Waals surface area contributed by atoms with Gasteiger partial charge in [0.2, 0.25) is 0 Å². The van der Waals surface area contributed by atoms with Gasteiger partial charge in [-0.3, -0.25) is 9.69 Å². The van der Waals surface area contributed by atoms with Gasteiger partial charge in [0.1, 0.15) is 5.69 Å². The quantitative estimate of drug-likeness (QED) is 0.829. The molecule has 2 heterocycles. The van der Waals surface area contributed by atoms with Crippen LogP contribution in [-0.2, 0) is 4.74 Å². The van der Waals surface area contributed by atoms with E-state index in [1.807, 2.05) is 30.3 Å². The summed E-state index contributed by atoms with van der Waals surface area (Å²) in [5.41, 5.74) is 1.33. The number of hydrogen-bond acceptors (Lipinski definition) is 4. The lowest BCUT2D eigenvalue weighted by atomic mass is 9.92. The van der Waals surface area contributed by atoms with Gasteiger partial charge in [0.15, 0.2) is 0 Å². The van der Waals surface area contributed by atoms with E-state index in [9.17, 15) is 4.79 Å². The van der Waals surface area contributed by atoms with Crippen LogP contribution in [0.1, 0.15) is 37.2 Å². The predicted molar refractivity (Wildman–Crippen MR) is 104 cm³/mol. The highest BCUT2D eigenvalue weighted by molar-refractivity contribution is 5.94. The molecular formula is C21H29N3O2. The van der Waals surface area contributed by atoms with Crippen LogP contribution in [0.3, 0.4) is 0 Å². The minimum atomic E-state index is -0.0973. The molecule has 5 nitrogen and oxygen atoms in total. The van der Waals surface area contributed by atoms with Crippen LogP contribution >= 0.6 is 0 Å². The molecule has 1 aliphatic heterocycles. The van der Waals surface area contributed by atoms with Crippen LogP contribution in [0.2, 0.25) is 0 Å². The first-order valence-corrected chi connectivity index (χ1v) is 9.68. The van der Waals surface area contributed by atoms with Crippen LogP contribution in [0.4, 0.5) is 0 Å². The minimum Gasteiger partial charge on any atom is -0.379 e. The number of rotatable bonds is 7. The number of fused-ring (bicyclic) bond motifs is 1. The van der Waals surface area contributed by atoms with Crippen molar-refractivity contribution in [3.05, 3.63) is 42.1 Å². The van der Waals surface area contributed by atoms with Gasteiger partial charge >= 0.3 is 0 Å². The van der Waals surface area contributed by atoms with E-state index in [1.54, 1.807) is 6.07 Å². The number of nitrogens with one attached hydrogen (secondary N) is 1. The molecule has 26 heavy (non-hydrogen) atoms. The Labute approximate surface area is 155 Å². The normalized spacial score (nSPS) is 16.7. The molecule has 5 heteroatoms. The maximum atomic E-state index is 12.7. The molecule has 0 unspecified atom stereocenters. The molecule has 1 N–H and O–H groups in total. The van der Waals surface area contributed by atoms with Gasteiger partial charge in [0.05, 0.1) is 18.7 Å². The molecule has 0 saturated carbocycles. The molecule has 1 amide bonds. The van der Waals surface area contributed by atoms with E-state index in [-0.39, 0.29) is 5.91 Å². The molecule has 3 rings (SSSR count). The van der Waals surface area contributed by atoms with Gasteiger partial charge in [-0.15, -0.1) is 0 Å². The topological polar surface area (TPSA) is 54.5 Å². The molecular weight excluding hydrogens is 326 g/mol. The van der Waals surface area contributed by atoms with Gasteiger partial charge < -0.3 is 10.1 Å². The van der Waals surface area contributed by atoms with Crippen molar-refractivity contribution in [1.29, 1.82) is 0 Å². The summed E-state index contributed by atoms with van der Waals surface area (Å²) in [6.45, 7) is 8.53. The number of nitrogens with zero attached hydrogens (tertiary/aromatic N) is 2. The third-order valence-corrected chi connectivity index (χ3v) is 5.41. The Morgan fingerprint density at radius 1 is 1.15 bits per heavy atom. The Balaban J connectivity index is 1.69. The van der Waals surface area contributed by atoms with Crippen molar-refractivity contribution in [2.24, 2.45) is 5.92 Å². The van der Waals surface area contributed by atoms with E-state index in [2.05, 4.69) is 29.0 Å². The SMILES string of the molecule is CCC(CC)[C@H](CNC(=O)c1ccc2ccccc2n1)N1CCOCC1. The van der Waals surface area contributed by atoms with Crippen molar-refractivity contribution < 1.29 is 9.53 Å².